The van der Waals surface area contributed by atoms with Crippen molar-refractivity contribution in [3.05, 3.63) is 64.2 Å². The van der Waals surface area contributed by atoms with Crippen LogP contribution in [0.2, 0.25) is 5.02 Å². The van der Waals surface area contributed by atoms with Crippen molar-refractivity contribution >= 4 is 29.3 Å². The highest BCUT2D eigenvalue weighted by atomic mass is 35.5. The molecule has 0 aliphatic rings. The topological polar surface area (TPSA) is 29.1 Å². The Morgan fingerprint density at radius 3 is 2.38 bits per heavy atom. The van der Waals surface area contributed by atoms with E-state index in [1.807, 2.05) is 38.1 Å². The molecule has 128 valence electrons. The first kappa shape index (κ1) is 18.9. The first-order valence-corrected chi connectivity index (χ1v) is 9.46. The summed E-state index contributed by atoms with van der Waals surface area (Å²) < 4.78 is 0. The van der Waals surface area contributed by atoms with Crippen LogP contribution in [0.1, 0.15) is 43.0 Å². The van der Waals surface area contributed by atoms with E-state index in [0.29, 0.717) is 5.02 Å². The van der Waals surface area contributed by atoms with E-state index in [1.165, 1.54) is 11.1 Å². The van der Waals surface area contributed by atoms with Gasteiger partial charge in [-0.1, -0.05) is 36.7 Å². The quantitative estimate of drug-likeness (QED) is 0.668. The molecule has 0 aliphatic heterocycles. The van der Waals surface area contributed by atoms with E-state index in [9.17, 15) is 4.79 Å². The number of carbonyl (C=O) groups excluding carboxylic acids is 1. The molecule has 2 rings (SSSR count). The van der Waals surface area contributed by atoms with Gasteiger partial charge in [-0.25, -0.2) is 0 Å². The van der Waals surface area contributed by atoms with Crippen molar-refractivity contribution in [2.45, 2.75) is 50.3 Å². The van der Waals surface area contributed by atoms with Crippen molar-refractivity contribution in [3.8, 4) is 0 Å². The smallest absolute Gasteiger partial charge is 0.233 e. The zero-order valence-corrected chi connectivity index (χ0v) is 16.2. The summed E-state index contributed by atoms with van der Waals surface area (Å²) in [6.07, 6.45) is 0.777. The molecule has 2 nitrogen and oxygen atoms in total. The number of halogens is 1. The minimum atomic E-state index is -0.111. The highest BCUT2D eigenvalue weighted by molar-refractivity contribution is 8.00. The van der Waals surface area contributed by atoms with Gasteiger partial charge in [-0.15, -0.1) is 11.8 Å². The van der Waals surface area contributed by atoms with Crippen molar-refractivity contribution in [1.29, 1.82) is 0 Å². The lowest BCUT2D eigenvalue weighted by molar-refractivity contribution is -0.121. The molecule has 0 spiro atoms. The second kappa shape index (κ2) is 8.59. The maximum absolute atomic E-state index is 12.6. The highest BCUT2D eigenvalue weighted by Crippen LogP contribution is 2.27. The van der Waals surface area contributed by atoms with Gasteiger partial charge in [0.15, 0.2) is 0 Å². The molecule has 0 aliphatic carbocycles. The van der Waals surface area contributed by atoms with Crippen LogP contribution in [0, 0.1) is 13.8 Å². The van der Waals surface area contributed by atoms with Crippen molar-refractivity contribution in [2.24, 2.45) is 0 Å². The molecular formula is C20H24ClNOS. The third-order valence-electron chi connectivity index (χ3n) is 4.14. The summed E-state index contributed by atoms with van der Waals surface area (Å²) >= 11 is 7.49. The van der Waals surface area contributed by atoms with E-state index in [-0.39, 0.29) is 17.2 Å². The minimum absolute atomic E-state index is 0.00309. The number of hydrogen-bond acceptors (Lipinski definition) is 2. The van der Waals surface area contributed by atoms with Gasteiger partial charge in [0.2, 0.25) is 5.91 Å². The molecule has 0 saturated heterocycles. The molecule has 0 fully saturated rings. The van der Waals surface area contributed by atoms with Crippen LogP contribution in [-0.4, -0.2) is 11.2 Å². The molecule has 2 atom stereocenters. The highest BCUT2D eigenvalue weighted by Gasteiger charge is 2.20. The molecule has 1 N–H and O–H groups in total. The second-order valence-electron chi connectivity index (χ2n) is 6.04. The monoisotopic (exact) mass is 361 g/mol. The standard InChI is InChI=1S/C20H24ClNOS/c1-5-19(24-18-10-8-17(21)9-11-18)20(23)22-15(4)16-7-6-13(2)14(3)12-16/h6-12,15,19H,5H2,1-4H3,(H,22,23)/t15-,19-/m1/s1. The summed E-state index contributed by atoms with van der Waals surface area (Å²) in [7, 11) is 0. The van der Waals surface area contributed by atoms with Crippen LogP contribution < -0.4 is 5.32 Å². The minimum Gasteiger partial charge on any atom is -0.349 e. The van der Waals surface area contributed by atoms with E-state index >= 15 is 0 Å². The fourth-order valence-electron chi connectivity index (χ4n) is 2.42. The van der Waals surface area contributed by atoms with Gasteiger partial charge in [-0.3, -0.25) is 4.79 Å². The molecule has 0 aromatic heterocycles. The fourth-order valence-corrected chi connectivity index (χ4v) is 3.51. The molecule has 2 aromatic carbocycles. The lowest BCUT2D eigenvalue weighted by Gasteiger charge is -2.20. The summed E-state index contributed by atoms with van der Waals surface area (Å²) in [5.74, 6) is 0.0724. The van der Waals surface area contributed by atoms with Crippen LogP contribution in [0.5, 0.6) is 0 Å². The molecule has 24 heavy (non-hydrogen) atoms. The summed E-state index contributed by atoms with van der Waals surface area (Å²) in [6, 6.07) is 13.9. The fraction of sp³-hybridized carbons (Fsp3) is 0.350. The van der Waals surface area contributed by atoms with Crippen LogP contribution in [0.25, 0.3) is 0 Å². The summed E-state index contributed by atoms with van der Waals surface area (Å²) in [4.78, 5) is 13.7. The molecule has 0 bridgehead atoms. The lowest BCUT2D eigenvalue weighted by atomic mass is 10.0. The molecule has 0 radical (unpaired) electrons. The summed E-state index contributed by atoms with van der Waals surface area (Å²) in [5, 5.41) is 3.74. The van der Waals surface area contributed by atoms with E-state index in [4.69, 9.17) is 11.6 Å². The maximum atomic E-state index is 12.6. The number of hydrogen-bond donors (Lipinski definition) is 1. The molecule has 1 amide bonds. The van der Waals surface area contributed by atoms with Gasteiger partial charge in [-0.05, 0) is 68.1 Å². The molecule has 4 heteroatoms. The van der Waals surface area contributed by atoms with Gasteiger partial charge in [-0.2, -0.15) is 0 Å². The van der Waals surface area contributed by atoms with Gasteiger partial charge in [0, 0.05) is 9.92 Å². The van der Waals surface area contributed by atoms with Crippen LogP contribution >= 0.6 is 23.4 Å². The first-order valence-electron chi connectivity index (χ1n) is 8.20. The Morgan fingerprint density at radius 1 is 1.12 bits per heavy atom. The third kappa shape index (κ3) is 5.02. The number of aryl methyl sites for hydroxylation is 2. The summed E-state index contributed by atoms with van der Waals surface area (Å²) in [6.45, 7) is 8.26. The van der Waals surface area contributed by atoms with Gasteiger partial charge in [0.1, 0.15) is 0 Å². The molecule has 2 aromatic rings. The SMILES string of the molecule is CC[C@@H](Sc1ccc(Cl)cc1)C(=O)N[C@H](C)c1ccc(C)c(C)c1. The molecule has 0 unspecified atom stereocenters. The van der Waals surface area contributed by atoms with E-state index in [0.717, 1.165) is 16.9 Å². The van der Waals surface area contributed by atoms with Crippen molar-refractivity contribution in [2.75, 3.05) is 0 Å². The van der Waals surface area contributed by atoms with E-state index in [1.54, 1.807) is 11.8 Å². The number of thioether (sulfide) groups is 1. The Morgan fingerprint density at radius 2 is 1.79 bits per heavy atom. The van der Waals surface area contributed by atoms with E-state index < -0.39 is 0 Å². The normalized spacial score (nSPS) is 13.4. The van der Waals surface area contributed by atoms with Crippen LogP contribution in [0.4, 0.5) is 0 Å². The second-order valence-corrected chi connectivity index (χ2v) is 7.76. The first-order chi connectivity index (χ1) is 11.4. The number of rotatable bonds is 6. The molecular weight excluding hydrogens is 338 g/mol. The largest absolute Gasteiger partial charge is 0.349 e. The van der Waals surface area contributed by atoms with Crippen LogP contribution in [-0.2, 0) is 4.79 Å². The average molecular weight is 362 g/mol. The zero-order chi connectivity index (χ0) is 17.7. The Balaban J connectivity index is 2.02. The number of nitrogens with one attached hydrogen (secondary N) is 1. The average Bonchev–Trinajstić information content (AvgIpc) is 2.56. The number of carbonyl (C=O) groups is 1. The van der Waals surface area contributed by atoms with Crippen LogP contribution in [0.3, 0.4) is 0 Å². The Hall–Kier alpha value is -1.45. The molecule has 0 heterocycles. The van der Waals surface area contributed by atoms with Crippen LogP contribution in [0.15, 0.2) is 47.4 Å². The van der Waals surface area contributed by atoms with Crippen molar-refractivity contribution < 1.29 is 4.79 Å². The number of benzene rings is 2. The van der Waals surface area contributed by atoms with E-state index in [2.05, 4.69) is 37.4 Å². The van der Waals surface area contributed by atoms with Gasteiger partial charge in [0.05, 0.1) is 11.3 Å². The lowest BCUT2D eigenvalue weighted by Crippen LogP contribution is -2.34. The summed E-state index contributed by atoms with van der Waals surface area (Å²) in [5.41, 5.74) is 3.65. The van der Waals surface area contributed by atoms with Crippen molar-refractivity contribution in [1.82, 2.24) is 5.32 Å². The third-order valence-corrected chi connectivity index (χ3v) is 5.77. The van der Waals surface area contributed by atoms with Gasteiger partial charge < -0.3 is 5.32 Å². The Labute approximate surface area is 154 Å². The predicted octanol–water partition coefficient (Wildman–Crippen LogP) is 5.70. The maximum Gasteiger partial charge on any atom is 0.233 e. The number of amides is 1. The van der Waals surface area contributed by atoms with Gasteiger partial charge >= 0.3 is 0 Å². The Bertz CT molecular complexity index is 699. The zero-order valence-electron chi connectivity index (χ0n) is 14.6. The van der Waals surface area contributed by atoms with Gasteiger partial charge in [0.25, 0.3) is 0 Å². The molecule has 0 saturated carbocycles. The van der Waals surface area contributed by atoms with Crippen molar-refractivity contribution in [3.63, 3.8) is 0 Å². The Kier molecular flexibility index (Phi) is 6.76. The predicted molar refractivity (Wildman–Crippen MR) is 104 cm³/mol.